The van der Waals surface area contributed by atoms with Crippen LogP contribution in [-0.2, 0) is 0 Å². The van der Waals surface area contributed by atoms with Gasteiger partial charge < -0.3 is 4.90 Å². The molecule has 0 atom stereocenters. The molecule has 8 aromatic rings. The number of allylic oxidation sites excluding steroid dienone is 4. The van der Waals surface area contributed by atoms with Crippen molar-refractivity contribution in [3.05, 3.63) is 199 Å². The summed E-state index contributed by atoms with van der Waals surface area (Å²) in [4.78, 5) is 2.43. The van der Waals surface area contributed by atoms with Crippen LogP contribution < -0.4 is 4.90 Å². The third-order valence-electron chi connectivity index (χ3n) is 10.1. The maximum atomic E-state index is 2.43. The Kier molecular flexibility index (Phi) is 8.16. The van der Waals surface area contributed by atoms with Crippen molar-refractivity contribution in [2.24, 2.45) is 0 Å². The van der Waals surface area contributed by atoms with E-state index < -0.39 is 0 Å². The molecular formula is C49H37NS. The first-order valence-electron chi connectivity index (χ1n) is 17.7. The van der Waals surface area contributed by atoms with Gasteiger partial charge in [-0.15, -0.1) is 11.3 Å². The van der Waals surface area contributed by atoms with Crippen molar-refractivity contribution in [1.29, 1.82) is 0 Å². The summed E-state index contributed by atoms with van der Waals surface area (Å²) in [6.45, 7) is 2.14. The van der Waals surface area contributed by atoms with E-state index in [0.29, 0.717) is 0 Å². The highest BCUT2D eigenvalue weighted by molar-refractivity contribution is 7.25. The van der Waals surface area contributed by atoms with Gasteiger partial charge in [0.2, 0.25) is 0 Å². The van der Waals surface area contributed by atoms with Crippen LogP contribution >= 0.6 is 11.3 Å². The minimum Gasteiger partial charge on any atom is -0.314 e. The van der Waals surface area contributed by atoms with Crippen LogP contribution in [0.5, 0.6) is 0 Å². The number of hydrogen-bond donors (Lipinski definition) is 0. The monoisotopic (exact) mass is 671 g/mol. The summed E-state index contributed by atoms with van der Waals surface area (Å²) < 4.78 is 2.65. The molecule has 0 unspecified atom stereocenters. The first-order chi connectivity index (χ1) is 25.2. The molecule has 51 heavy (non-hydrogen) atoms. The molecule has 0 saturated heterocycles. The summed E-state index contributed by atoms with van der Waals surface area (Å²) in [5.74, 6) is 0. The van der Waals surface area contributed by atoms with Crippen molar-refractivity contribution in [1.82, 2.24) is 0 Å². The van der Waals surface area contributed by atoms with Crippen molar-refractivity contribution in [3.63, 3.8) is 0 Å². The van der Waals surface area contributed by atoms with Crippen LogP contribution in [0.3, 0.4) is 0 Å². The van der Waals surface area contributed by atoms with Gasteiger partial charge in [-0.3, -0.25) is 0 Å². The summed E-state index contributed by atoms with van der Waals surface area (Å²) in [6, 6.07) is 62.1. The van der Waals surface area contributed by atoms with Gasteiger partial charge in [0, 0.05) is 37.2 Å². The molecular weight excluding hydrogens is 635 g/mol. The number of fused-ring (bicyclic) bond motifs is 3. The van der Waals surface area contributed by atoms with E-state index in [1.165, 1.54) is 87.3 Å². The Hall–Kier alpha value is -5.96. The second kappa shape index (κ2) is 13.4. The van der Waals surface area contributed by atoms with Crippen molar-refractivity contribution in [3.8, 4) is 33.4 Å². The lowest BCUT2D eigenvalue weighted by molar-refractivity contribution is 0.930. The molecule has 0 N–H and O–H groups in total. The number of thiophene rings is 1. The van der Waals surface area contributed by atoms with Crippen LogP contribution in [0.4, 0.5) is 11.4 Å². The van der Waals surface area contributed by atoms with Crippen molar-refractivity contribution in [2.45, 2.75) is 19.8 Å². The van der Waals surface area contributed by atoms with Crippen molar-refractivity contribution < 1.29 is 0 Å². The molecule has 0 bridgehead atoms. The Balaban J connectivity index is 1.07. The van der Waals surface area contributed by atoms with E-state index in [9.17, 15) is 0 Å². The second-order valence-corrected chi connectivity index (χ2v) is 14.5. The number of aryl methyl sites for hydroxylation is 1. The van der Waals surface area contributed by atoms with E-state index in [-0.39, 0.29) is 0 Å². The topological polar surface area (TPSA) is 3.24 Å². The fraction of sp³-hybridized carbons (Fsp3) is 0.0612. The van der Waals surface area contributed by atoms with Crippen LogP contribution in [0.15, 0.2) is 188 Å². The van der Waals surface area contributed by atoms with Gasteiger partial charge >= 0.3 is 0 Å². The molecule has 1 aliphatic rings. The number of nitrogens with zero attached hydrogens (tertiary/aromatic N) is 1. The molecule has 2 heteroatoms. The van der Waals surface area contributed by atoms with Crippen LogP contribution in [0.2, 0.25) is 0 Å². The second-order valence-electron chi connectivity index (χ2n) is 13.4. The number of benzene rings is 7. The maximum Gasteiger partial charge on any atom is 0.0458 e. The summed E-state index contributed by atoms with van der Waals surface area (Å²) in [7, 11) is 0. The number of rotatable bonds is 7. The van der Waals surface area contributed by atoms with Crippen LogP contribution in [0.1, 0.15) is 24.0 Å². The van der Waals surface area contributed by atoms with Crippen LogP contribution in [0.25, 0.3) is 59.1 Å². The first-order valence-corrected chi connectivity index (χ1v) is 18.5. The van der Waals surface area contributed by atoms with Crippen molar-refractivity contribution in [2.75, 3.05) is 4.90 Å². The third kappa shape index (κ3) is 6.20. The van der Waals surface area contributed by atoms with E-state index in [1.807, 2.05) is 11.3 Å². The van der Waals surface area contributed by atoms with Gasteiger partial charge in [0.05, 0.1) is 0 Å². The number of hydrogen-bond acceptors (Lipinski definition) is 2. The molecule has 0 spiro atoms. The van der Waals surface area contributed by atoms with E-state index >= 15 is 0 Å². The highest BCUT2D eigenvalue weighted by Gasteiger charge is 2.19. The molecule has 0 amide bonds. The zero-order valence-electron chi connectivity index (χ0n) is 28.6. The highest BCUT2D eigenvalue weighted by Crippen LogP contribution is 2.41. The Morgan fingerprint density at radius 3 is 1.37 bits per heavy atom. The predicted molar refractivity (Wildman–Crippen MR) is 221 cm³/mol. The molecule has 1 heterocycles. The van der Waals surface area contributed by atoms with Crippen LogP contribution in [0, 0.1) is 6.92 Å². The van der Waals surface area contributed by atoms with E-state index in [0.717, 1.165) is 12.8 Å². The molecule has 7 aromatic carbocycles. The van der Waals surface area contributed by atoms with Gasteiger partial charge in [-0.25, -0.2) is 0 Å². The average molecular weight is 672 g/mol. The van der Waals surface area contributed by atoms with Gasteiger partial charge in [-0.2, -0.15) is 0 Å². The molecule has 244 valence electrons. The summed E-state index contributed by atoms with van der Waals surface area (Å²) in [5, 5.41) is 2.64. The molecule has 0 radical (unpaired) electrons. The lowest BCUT2D eigenvalue weighted by Crippen LogP contribution is -2.17. The van der Waals surface area contributed by atoms with Gasteiger partial charge in [0.25, 0.3) is 0 Å². The maximum absolute atomic E-state index is 2.43. The fourth-order valence-corrected chi connectivity index (χ4v) is 8.37. The molecule has 1 aliphatic carbocycles. The first kappa shape index (κ1) is 31.1. The molecule has 0 fully saturated rings. The van der Waals surface area contributed by atoms with Gasteiger partial charge in [0.1, 0.15) is 0 Å². The molecule has 0 saturated carbocycles. The number of anilines is 2. The minimum absolute atomic E-state index is 0.968. The highest BCUT2D eigenvalue weighted by atomic mass is 32.1. The third-order valence-corrected chi connectivity index (χ3v) is 11.3. The molecule has 0 aliphatic heterocycles. The zero-order valence-corrected chi connectivity index (χ0v) is 29.4. The van der Waals surface area contributed by atoms with Gasteiger partial charge in [-0.1, -0.05) is 133 Å². The molecule has 1 nitrogen and oxygen atoms in total. The quantitative estimate of drug-likeness (QED) is 0.163. The van der Waals surface area contributed by atoms with Gasteiger partial charge in [0.15, 0.2) is 0 Å². The Morgan fingerprint density at radius 2 is 0.863 bits per heavy atom. The minimum atomic E-state index is 0.968. The SMILES string of the molecule is Cc1ccc(-c2ccc3sc4ccc(-c5ccc(N(C6=CC=C(c7ccccc7)CC6)c6ccc(-c7ccccc7)cc6)cc5)cc4c3c2)cc1. The van der Waals surface area contributed by atoms with Crippen molar-refractivity contribution >= 4 is 48.5 Å². The molecule has 1 aromatic heterocycles. The zero-order chi connectivity index (χ0) is 34.1. The summed E-state index contributed by atoms with van der Waals surface area (Å²) in [6.07, 6.45) is 6.59. The Morgan fingerprint density at radius 1 is 0.412 bits per heavy atom. The largest absolute Gasteiger partial charge is 0.314 e. The lowest BCUT2D eigenvalue weighted by Gasteiger charge is -2.30. The fourth-order valence-electron chi connectivity index (χ4n) is 7.31. The molecule has 9 rings (SSSR count). The van der Waals surface area contributed by atoms with E-state index in [4.69, 9.17) is 0 Å². The Labute approximate surface area is 304 Å². The normalized spacial score (nSPS) is 12.9. The smallest absolute Gasteiger partial charge is 0.0458 e. The van der Waals surface area contributed by atoms with Gasteiger partial charge in [-0.05, 0) is 119 Å². The average Bonchev–Trinajstić information content (AvgIpc) is 3.57. The standard InChI is InChI=1S/C49H37NS/c1-34-12-14-39(15-13-34)41-22-30-48-46(32-41)47-33-42(23-31-49(47)51-48)40-20-28-45(29-21-40)50(43-24-16-37(17-25-43)35-8-4-2-5-9-35)44-26-18-38(19-27-44)36-10-6-3-7-11-36/h2-18,20-26,28-33H,19,27H2,1H3. The predicted octanol–water partition coefficient (Wildman–Crippen LogP) is 14.3. The lowest BCUT2D eigenvalue weighted by atomic mass is 9.94. The van der Waals surface area contributed by atoms with E-state index in [2.05, 4.69) is 194 Å². The van der Waals surface area contributed by atoms with E-state index in [1.54, 1.807) is 0 Å². The van der Waals surface area contributed by atoms with Crippen LogP contribution in [-0.4, -0.2) is 0 Å². The summed E-state index contributed by atoms with van der Waals surface area (Å²) in [5.41, 5.74) is 15.0. The Bertz CT molecular complexity index is 2540. The summed E-state index contributed by atoms with van der Waals surface area (Å²) >= 11 is 1.87.